The molecular formula is C17H10N2S. The van der Waals surface area contributed by atoms with Gasteiger partial charge in [-0.2, -0.15) is 0 Å². The fraction of sp³-hybridized carbons (Fsp3) is 0. The van der Waals surface area contributed by atoms with Gasteiger partial charge in [0.1, 0.15) is 5.01 Å². The molecule has 4 rings (SSSR count). The van der Waals surface area contributed by atoms with Gasteiger partial charge in [-0.3, -0.25) is 0 Å². The van der Waals surface area contributed by atoms with Gasteiger partial charge in [0.25, 0.3) is 0 Å². The highest BCUT2D eigenvalue weighted by Crippen LogP contribution is 2.27. The third kappa shape index (κ3) is 1.81. The second-order valence-corrected chi connectivity index (χ2v) is 5.55. The summed E-state index contributed by atoms with van der Waals surface area (Å²) >= 11 is 1.66. The van der Waals surface area contributed by atoms with Gasteiger partial charge in [-0.15, -0.1) is 11.3 Å². The first-order valence-electron chi connectivity index (χ1n) is 6.36. The second-order valence-electron chi connectivity index (χ2n) is 4.52. The number of benzene rings is 2. The Morgan fingerprint density at radius 3 is 2.90 bits per heavy atom. The molecule has 0 N–H and O–H groups in total. The Hall–Kier alpha value is -2.48. The van der Waals surface area contributed by atoms with Crippen molar-refractivity contribution in [2.75, 3.05) is 0 Å². The number of nitrogens with zero attached hydrogens (tertiary/aromatic N) is 2. The zero-order valence-corrected chi connectivity index (χ0v) is 11.4. The summed E-state index contributed by atoms with van der Waals surface area (Å²) in [5, 5.41) is 4.47. The van der Waals surface area contributed by atoms with Crippen LogP contribution in [0.25, 0.3) is 33.6 Å². The van der Waals surface area contributed by atoms with Crippen molar-refractivity contribution in [3.63, 3.8) is 0 Å². The van der Waals surface area contributed by atoms with Crippen molar-refractivity contribution >= 4 is 40.3 Å². The zero-order valence-electron chi connectivity index (χ0n) is 10.6. The minimum Gasteiger partial charge on any atom is -0.236 e. The number of hydrogen-bond donors (Lipinski definition) is 0. The van der Waals surface area contributed by atoms with Crippen LogP contribution in [-0.4, -0.2) is 10.9 Å². The molecule has 0 radical (unpaired) electrons. The van der Waals surface area contributed by atoms with Crippen molar-refractivity contribution in [2.24, 2.45) is 4.99 Å². The molecule has 0 amide bonds. The summed E-state index contributed by atoms with van der Waals surface area (Å²) in [6.07, 6.45) is 5.57. The van der Waals surface area contributed by atoms with Crippen LogP contribution in [0.2, 0.25) is 0 Å². The van der Waals surface area contributed by atoms with Crippen LogP contribution in [0, 0.1) is 0 Å². The summed E-state index contributed by atoms with van der Waals surface area (Å²) < 4.78 is 1.08. The summed E-state index contributed by atoms with van der Waals surface area (Å²) in [5.74, 6) is 2.82. The van der Waals surface area contributed by atoms with Crippen LogP contribution in [0.15, 0.2) is 53.5 Å². The first-order valence-corrected chi connectivity index (χ1v) is 7.17. The molecule has 0 spiro atoms. The molecule has 3 heteroatoms. The molecule has 3 aromatic rings. The van der Waals surface area contributed by atoms with E-state index in [2.05, 4.69) is 53.3 Å². The van der Waals surface area contributed by atoms with Crippen LogP contribution in [0.3, 0.4) is 0 Å². The maximum Gasteiger partial charge on any atom is 0.125 e. The first kappa shape index (κ1) is 11.4. The molecule has 2 aromatic carbocycles. The van der Waals surface area contributed by atoms with Crippen LogP contribution < -0.4 is 9.88 Å². The molecule has 0 atom stereocenters. The second kappa shape index (κ2) is 4.57. The lowest BCUT2D eigenvalue weighted by Gasteiger charge is -2.02. The molecule has 0 saturated heterocycles. The van der Waals surface area contributed by atoms with Crippen molar-refractivity contribution in [3.8, 4) is 10.6 Å². The van der Waals surface area contributed by atoms with Crippen LogP contribution in [0.1, 0.15) is 0 Å². The number of aliphatic imine (C=N–C) groups is 1. The molecular weight excluding hydrogens is 264 g/mol. The van der Waals surface area contributed by atoms with E-state index < -0.39 is 0 Å². The van der Waals surface area contributed by atoms with Gasteiger partial charge >= 0.3 is 0 Å². The molecule has 20 heavy (non-hydrogen) atoms. The van der Waals surface area contributed by atoms with E-state index in [9.17, 15) is 0 Å². The molecule has 0 saturated carbocycles. The number of allylic oxidation sites excluding steroid dienone is 1. The van der Waals surface area contributed by atoms with Crippen LogP contribution in [0.4, 0.5) is 0 Å². The molecule has 1 aromatic heterocycles. The number of thiazole rings is 1. The number of rotatable bonds is 1. The average Bonchev–Trinajstić information content (AvgIpc) is 2.77. The van der Waals surface area contributed by atoms with Gasteiger partial charge in [0.15, 0.2) is 0 Å². The Bertz CT molecular complexity index is 946. The van der Waals surface area contributed by atoms with Gasteiger partial charge in [-0.05, 0) is 22.7 Å². The summed E-state index contributed by atoms with van der Waals surface area (Å²) in [6.45, 7) is 0. The van der Waals surface area contributed by atoms with E-state index in [1.807, 2.05) is 12.3 Å². The molecule has 1 aliphatic heterocycles. The third-order valence-electron chi connectivity index (χ3n) is 3.27. The van der Waals surface area contributed by atoms with Gasteiger partial charge in [-0.1, -0.05) is 42.5 Å². The highest BCUT2D eigenvalue weighted by atomic mass is 32.1. The SMILES string of the molecule is C1=CC=c2nc(-c3cccc4ccccc34)sc2=CN=1. The summed E-state index contributed by atoms with van der Waals surface area (Å²) in [7, 11) is 0. The fourth-order valence-corrected chi connectivity index (χ4v) is 3.30. The standard InChI is InChI=1S/C17H10N2S/c1-2-7-13-12(5-1)6-3-8-14(13)17-19-15-9-4-10-18-11-16(15)20-17/h1-9,11H. The number of fused-ring (bicyclic) bond motifs is 2. The Kier molecular flexibility index (Phi) is 2.59. The van der Waals surface area contributed by atoms with Gasteiger partial charge in [-0.25, -0.2) is 9.98 Å². The predicted molar refractivity (Wildman–Crippen MR) is 85.2 cm³/mol. The molecule has 0 aliphatic carbocycles. The van der Waals surface area contributed by atoms with E-state index in [0.717, 1.165) is 14.9 Å². The van der Waals surface area contributed by atoms with Crippen LogP contribution in [-0.2, 0) is 0 Å². The van der Waals surface area contributed by atoms with Crippen molar-refractivity contribution in [3.05, 3.63) is 58.4 Å². The normalized spacial score (nSPS) is 12.6. The molecule has 2 nitrogen and oxygen atoms in total. The first-order chi connectivity index (χ1) is 9.92. The van der Waals surface area contributed by atoms with Crippen molar-refractivity contribution in [1.29, 1.82) is 0 Å². The Labute approximate surface area is 119 Å². The fourth-order valence-electron chi connectivity index (χ4n) is 2.34. The Morgan fingerprint density at radius 1 is 1.00 bits per heavy atom. The van der Waals surface area contributed by atoms with Gasteiger partial charge in [0.05, 0.1) is 16.1 Å². The topological polar surface area (TPSA) is 25.2 Å². The molecule has 1 aliphatic rings. The molecule has 94 valence electrons. The van der Waals surface area contributed by atoms with E-state index in [0.29, 0.717) is 0 Å². The monoisotopic (exact) mass is 274 g/mol. The summed E-state index contributed by atoms with van der Waals surface area (Å²) in [5.41, 5.74) is 1.18. The molecule has 2 heterocycles. The summed E-state index contributed by atoms with van der Waals surface area (Å²) in [6, 6.07) is 14.7. The van der Waals surface area contributed by atoms with E-state index in [-0.39, 0.29) is 0 Å². The van der Waals surface area contributed by atoms with E-state index in [1.165, 1.54) is 16.3 Å². The average molecular weight is 274 g/mol. The van der Waals surface area contributed by atoms with Crippen LogP contribution in [0.5, 0.6) is 0 Å². The minimum atomic E-state index is 0.965. The van der Waals surface area contributed by atoms with Crippen molar-refractivity contribution in [2.45, 2.75) is 0 Å². The highest BCUT2D eigenvalue weighted by molar-refractivity contribution is 7.13. The van der Waals surface area contributed by atoms with E-state index in [4.69, 9.17) is 4.98 Å². The smallest absolute Gasteiger partial charge is 0.125 e. The third-order valence-corrected chi connectivity index (χ3v) is 4.31. The lowest BCUT2D eigenvalue weighted by Crippen LogP contribution is -2.19. The van der Waals surface area contributed by atoms with Crippen LogP contribution >= 0.6 is 11.3 Å². The lowest BCUT2D eigenvalue weighted by molar-refractivity contribution is 1.32. The zero-order chi connectivity index (χ0) is 13.4. The summed E-state index contributed by atoms with van der Waals surface area (Å²) in [4.78, 5) is 8.82. The highest BCUT2D eigenvalue weighted by Gasteiger charge is 2.07. The lowest BCUT2D eigenvalue weighted by atomic mass is 10.1. The Balaban J connectivity index is 2.02. The maximum atomic E-state index is 4.73. The van der Waals surface area contributed by atoms with Gasteiger partial charge in [0.2, 0.25) is 0 Å². The number of aromatic nitrogens is 1. The number of hydrogen-bond acceptors (Lipinski definition) is 3. The Morgan fingerprint density at radius 2 is 1.90 bits per heavy atom. The van der Waals surface area contributed by atoms with Crippen molar-refractivity contribution < 1.29 is 0 Å². The maximum absolute atomic E-state index is 4.73. The van der Waals surface area contributed by atoms with E-state index >= 15 is 0 Å². The van der Waals surface area contributed by atoms with Gasteiger partial charge in [0, 0.05) is 11.6 Å². The largest absolute Gasteiger partial charge is 0.236 e. The molecule has 0 unspecified atom stereocenters. The van der Waals surface area contributed by atoms with Crippen molar-refractivity contribution in [1.82, 2.24) is 4.98 Å². The minimum absolute atomic E-state index is 0.965. The molecule has 0 bridgehead atoms. The molecule has 0 fully saturated rings. The quantitative estimate of drug-likeness (QED) is 0.670. The van der Waals surface area contributed by atoms with Gasteiger partial charge < -0.3 is 0 Å². The van der Waals surface area contributed by atoms with E-state index in [1.54, 1.807) is 17.4 Å². The predicted octanol–water partition coefficient (Wildman–Crippen LogP) is 2.72.